The number of sulfonamides is 1. The maximum absolute atomic E-state index is 11.8. The van der Waals surface area contributed by atoms with Gasteiger partial charge in [0.2, 0.25) is 15.9 Å². The molecule has 0 spiro atoms. The number of morpholine rings is 1. The first-order valence-corrected chi connectivity index (χ1v) is 13.2. The number of nitrogens with one attached hydrogen (secondary N) is 1. The van der Waals surface area contributed by atoms with Gasteiger partial charge in [0.15, 0.2) is 0 Å². The molecule has 0 amide bonds. The number of nitrogens with zero attached hydrogens (tertiary/aromatic N) is 4. The van der Waals surface area contributed by atoms with Gasteiger partial charge >= 0.3 is 0 Å². The quantitative estimate of drug-likeness (QED) is 0.549. The molecular weight excluding hydrogens is 466 g/mol. The lowest BCUT2D eigenvalue weighted by Crippen LogP contribution is -2.58. The number of rotatable bonds is 6. The van der Waals surface area contributed by atoms with Gasteiger partial charge in [0.05, 0.1) is 48.9 Å². The van der Waals surface area contributed by atoms with Gasteiger partial charge in [-0.05, 0) is 36.6 Å². The van der Waals surface area contributed by atoms with E-state index in [1.807, 2.05) is 18.2 Å². The fourth-order valence-electron chi connectivity index (χ4n) is 4.39. The number of benzene rings is 1. The molecule has 1 N–H and O–H groups in total. The van der Waals surface area contributed by atoms with Crippen molar-refractivity contribution in [2.75, 3.05) is 42.7 Å². The number of nitriles is 1. The third kappa shape index (κ3) is 4.74. The van der Waals surface area contributed by atoms with E-state index in [-0.39, 0.29) is 23.0 Å². The third-order valence-electron chi connectivity index (χ3n) is 6.62. The van der Waals surface area contributed by atoms with Gasteiger partial charge in [-0.3, -0.25) is 9.71 Å². The molecule has 184 valence electrons. The minimum atomic E-state index is -3.53. The average molecular weight is 496 g/mol. The van der Waals surface area contributed by atoms with E-state index >= 15 is 0 Å². The molecule has 1 saturated heterocycles. The first-order chi connectivity index (χ1) is 16.6. The number of anilines is 2. The third-order valence-corrected chi connectivity index (χ3v) is 7.21. The first-order valence-electron chi connectivity index (χ1n) is 11.3. The summed E-state index contributed by atoms with van der Waals surface area (Å²) in [5.41, 5.74) is 3.53. The summed E-state index contributed by atoms with van der Waals surface area (Å²) in [6.07, 6.45) is 4.32. The molecule has 1 fully saturated rings. The summed E-state index contributed by atoms with van der Waals surface area (Å²) in [6, 6.07) is 9.78. The fraction of sp³-hybridized carbons (Fsp3) is 0.400. The van der Waals surface area contributed by atoms with Crippen molar-refractivity contribution >= 4 is 32.3 Å². The summed E-state index contributed by atoms with van der Waals surface area (Å²) in [5, 5.41) is 10.8. The van der Waals surface area contributed by atoms with Gasteiger partial charge in [-0.25, -0.2) is 13.4 Å². The Morgan fingerprint density at radius 3 is 2.66 bits per heavy atom. The molecule has 0 saturated carbocycles. The lowest BCUT2D eigenvalue weighted by Gasteiger charge is -2.49. The van der Waals surface area contributed by atoms with E-state index in [1.54, 1.807) is 18.5 Å². The van der Waals surface area contributed by atoms with Crippen molar-refractivity contribution in [1.82, 2.24) is 9.97 Å². The predicted octanol–water partition coefficient (Wildman–Crippen LogP) is 3.80. The second kappa shape index (κ2) is 9.32. The van der Waals surface area contributed by atoms with Gasteiger partial charge in [0.25, 0.3) is 0 Å². The summed E-state index contributed by atoms with van der Waals surface area (Å²) in [4.78, 5) is 11.1. The lowest BCUT2D eigenvalue weighted by atomic mass is 9.85. The highest BCUT2D eigenvalue weighted by molar-refractivity contribution is 7.92. The normalized spacial score (nSPS) is 18.5. The van der Waals surface area contributed by atoms with Crippen LogP contribution in [0.5, 0.6) is 5.88 Å². The molecule has 1 aromatic carbocycles. The van der Waals surface area contributed by atoms with E-state index in [0.717, 1.165) is 28.4 Å². The van der Waals surface area contributed by atoms with Crippen LogP contribution >= 0.6 is 0 Å². The van der Waals surface area contributed by atoms with Gasteiger partial charge in [0.1, 0.15) is 11.8 Å². The second-order valence-electron chi connectivity index (χ2n) is 9.24. The Morgan fingerprint density at radius 1 is 1.23 bits per heavy atom. The minimum absolute atomic E-state index is 0.176. The molecule has 1 aliphatic heterocycles. The van der Waals surface area contributed by atoms with E-state index in [1.165, 1.54) is 7.11 Å². The van der Waals surface area contributed by atoms with E-state index < -0.39 is 10.0 Å². The summed E-state index contributed by atoms with van der Waals surface area (Å²) in [7, 11) is -2.10. The van der Waals surface area contributed by atoms with Gasteiger partial charge in [0, 0.05) is 29.9 Å². The zero-order valence-corrected chi connectivity index (χ0v) is 21.3. The van der Waals surface area contributed by atoms with Gasteiger partial charge < -0.3 is 14.4 Å². The van der Waals surface area contributed by atoms with Crippen LogP contribution in [0.25, 0.3) is 22.0 Å². The Hall–Kier alpha value is -3.42. The van der Waals surface area contributed by atoms with E-state index in [9.17, 15) is 13.7 Å². The van der Waals surface area contributed by atoms with Crippen LogP contribution in [-0.4, -0.2) is 57.0 Å². The summed E-state index contributed by atoms with van der Waals surface area (Å²) in [6.45, 7) is 8.25. The molecule has 10 heteroatoms. The number of aromatic nitrogens is 2. The van der Waals surface area contributed by atoms with E-state index in [4.69, 9.17) is 9.47 Å². The number of fused-ring (bicyclic) bond motifs is 1. The summed E-state index contributed by atoms with van der Waals surface area (Å²) >= 11 is 0. The minimum Gasteiger partial charge on any atom is -0.480 e. The molecule has 3 aromatic rings. The summed E-state index contributed by atoms with van der Waals surface area (Å²) < 4.78 is 37.2. The maximum Gasteiger partial charge on any atom is 0.238 e. The molecule has 1 atom stereocenters. The van der Waals surface area contributed by atoms with Crippen LogP contribution in [0, 0.1) is 17.2 Å². The molecule has 0 aliphatic carbocycles. The van der Waals surface area contributed by atoms with Crippen LogP contribution in [0.4, 0.5) is 11.4 Å². The van der Waals surface area contributed by atoms with Crippen molar-refractivity contribution < 1.29 is 17.9 Å². The Balaban J connectivity index is 1.92. The zero-order valence-electron chi connectivity index (χ0n) is 20.5. The average Bonchev–Trinajstić information content (AvgIpc) is 2.82. The molecule has 1 aliphatic rings. The van der Waals surface area contributed by atoms with Crippen LogP contribution in [0.3, 0.4) is 0 Å². The molecule has 0 bridgehead atoms. The molecule has 2 aromatic heterocycles. The Kier molecular flexibility index (Phi) is 6.58. The fourth-order valence-corrected chi connectivity index (χ4v) is 4.94. The molecule has 1 unspecified atom stereocenters. The van der Waals surface area contributed by atoms with Crippen molar-refractivity contribution in [3.8, 4) is 23.1 Å². The topological polar surface area (TPSA) is 117 Å². The molecule has 9 nitrogen and oxygen atoms in total. The number of hydrogen-bond acceptors (Lipinski definition) is 8. The van der Waals surface area contributed by atoms with Crippen molar-refractivity contribution in [1.29, 1.82) is 5.26 Å². The first kappa shape index (κ1) is 24.7. The highest BCUT2D eigenvalue weighted by atomic mass is 32.2. The van der Waals surface area contributed by atoms with E-state index in [0.29, 0.717) is 30.9 Å². The largest absolute Gasteiger partial charge is 0.480 e. The van der Waals surface area contributed by atoms with Gasteiger partial charge in [-0.15, -0.1) is 0 Å². The van der Waals surface area contributed by atoms with Crippen LogP contribution in [0.15, 0.2) is 36.7 Å². The second-order valence-corrected chi connectivity index (χ2v) is 11.0. The van der Waals surface area contributed by atoms with Crippen LogP contribution in [-0.2, 0) is 14.8 Å². The highest BCUT2D eigenvalue weighted by Gasteiger charge is 2.40. The van der Waals surface area contributed by atoms with Crippen molar-refractivity contribution in [3.63, 3.8) is 0 Å². The van der Waals surface area contributed by atoms with Crippen LogP contribution in [0.2, 0.25) is 0 Å². The Morgan fingerprint density at radius 2 is 2.00 bits per heavy atom. The maximum atomic E-state index is 11.8. The van der Waals surface area contributed by atoms with Gasteiger partial charge in [-0.1, -0.05) is 19.9 Å². The van der Waals surface area contributed by atoms with Gasteiger partial charge in [-0.2, -0.15) is 5.26 Å². The van der Waals surface area contributed by atoms with E-state index in [2.05, 4.69) is 46.4 Å². The SMILES string of the molecule is COc1ncc(-c2ccc3ncc(C#N)c(N4CCOCC4(C)C(C)C)c3c2)cc1NS(C)(=O)=O. The summed E-state index contributed by atoms with van der Waals surface area (Å²) in [5.74, 6) is 0.450. The monoisotopic (exact) mass is 495 g/mol. The number of methoxy groups -OCH3 is 1. The highest BCUT2D eigenvalue weighted by Crippen LogP contribution is 2.40. The molecular formula is C25H29N5O4S. The molecule has 3 heterocycles. The zero-order chi connectivity index (χ0) is 25.4. The molecule has 35 heavy (non-hydrogen) atoms. The Bertz CT molecular complexity index is 1420. The number of hydrogen-bond donors (Lipinski definition) is 1. The molecule has 0 radical (unpaired) electrons. The van der Waals surface area contributed by atoms with Crippen molar-refractivity contribution in [3.05, 3.63) is 42.2 Å². The number of ether oxygens (including phenoxy) is 2. The number of pyridine rings is 2. The molecule has 4 rings (SSSR count). The smallest absolute Gasteiger partial charge is 0.238 e. The lowest BCUT2D eigenvalue weighted by molar-refractivity contribution is 0.0375. The van der Waals surface area contributed by atoms with Crippen molar-refractivity contribution in [2.45, 2.75) is 26.3 Å². The Labute approximate surface area is 205 Å². The van der Waals surface area contributed by atoms with Crippen molar-refractivity contribution in [2.24, 2.45) is 5.92 Å². The predicted molar refractivity (Wildman–Crippen MR) is 136 cm³/mol. The van der Waals surface area contributed by atoms with Crippen LogP contribution < -0.4 is 14.4 Å². The standard InChI is InChI=1S/C25H29N5O4S/c1-16(2)25(3)15-34-9-8-30(25)23-19(12-26)14-27-21-7-6-17(10-20(21)23)18-11-22(29-35(5,31)32)24(33-4)28-13-18/h6-7,10-11,13-14,16,29H,8-9,15H2,1-5H3. The van der Waals surface area contributed by atoms with Crippen LogP contribution in [0.1, 0.15) is 26.3 Å².